The van der Waals surface area contributed by atoms with Gasteiger partial charge >= 0.3 is 5.97 Å². The Balaban J connectivity index is 2.12. The number of hydrogen-bond donors (Lipinski definition) is 1. The molecule has 27 heavy (non-hydrogen) atoms. The van der Waals surface area contributed by atoms with E-state index in [-0.39, 0.29) is 31.5 Å². The molecule has 0 aromatic heterocycles. The number of hydrogen-bond acceptors (Lipinski definition) is 5. The number of piperidine rings is 1. The molecule has 7 nitrogen and oxygen atoms in total. The van der Waals surface area contributed by atoms with Crippen molar-refractivity contribution < 1.29 is 22.7 Å². The number of carbonyl (C=O) groups excluding carboxylic acids is 2. The Morgan fingerprint density at radius 3 is 2.11 bits per heavy atom. The van der Waals surface area contributed by atoms with E-state index in [0.29, 0.717) is 17.7 Å². The molecule has 1 fully saturated rings. The molecule has 0 atom stereocenters. The predicted octanol–water partition coefficient (Wildman–Crippen LogP) is 1.61. The molecule has 1 amide bonds. The van der Waals surface area contributed by atoms with Gasteiger partial charge in [0.1, 0.15) is 6.54 Å². The van der Waals surface area contributed by atoms with Crippen LogP contribution < -0.4 is 5.32 Å². The SMILES string of the molecule is COC(=O)CNC(=O)C1CCN(S(=O)(=O)c2c(C)c(C)cc(C)c2C)CC1. The largest absolute Gasteiger partial charge is 0.468 e. The van der Waals surface area contributed by atoms with Gasteiger partial charge in [0, 0.05) is 19.0 Å². The minimum Gasteiger partial charge on any atom is -0.468 e. The minimum absolute atomic E-state index is 0.172. The van der Waals surface area contributed by atoms with Gasteiger partial charge in [-0.3, -0.25) is 9.59 Å². The Morgan fingerprint density at radius 2 is 1.63 bits per heavy atom. The summed E-state index contributed by atoms with van der Waals surface area (Å²) in [4.78, 5) is 23.7. The molecular weight excluding hydrogens is 368 g/mol. The maximum atomic E-state index is 13.2. The third-order valence-electron chi connectivity index (χ3n) is 5.35. The normalized spacial score (nSPS) is 16.2. The van der Waals surface area contributed by atoms with Crippen LogP contribution >= 0.6 is 0 Å². The van der Waals surface area contributed by atoms with Crippen molar-refractivity contribution in [2.45, 2.75) is 45.4 Å². The van der Waals surface area contributed by atoms with Crippen molar-refractivity contribution in [3.8, 4) is 0 Å². The first-order valence-corrected chi connectivity index (χ1v) is 10.5. The summed E-state index contributed by atoms with van der Waals surface area (Å²) in [5.41, 5.74) is 3.45. The van der Waals surface area contributed by atoms with Crippen molar-refractivity contribution in [2.24, 2.45) is 5.92 Å². The second kappa shape index (κ2) is 8.39. The number of aryl methyl sites for hydroxylation is 2. The first-order chi connectivity index (χ1) is 12.6. The summed E-state index contributed by atoms with van der Waals surface area (Å²) >= 11 is 0. The molecule has 0 aliphatic carbocycles. The van der Waals surface area contributed by atoms with Crippen molar-refractivity contribution in [2.75, 3.05) is 26.7 Å². The zero-order chi connectivity index (χ0) is 20.4. The van der Waals surface area contributed by atoms with Crippen LogP contribution in [0, 0.1) is 33.6 Å². The molecule has 1 heterocycles. The molecule has 0 unspecified atom stereocenters. The van der Waals surface area contributed by atoms with E-state index in [1.165, 1.54) is 11.4 Å². The number of benzene rings is 1. The van der Waals surface area contributed by atoms with Gasteiger partial charge in [-0.1, -0.05) is 6.07 Å². The van der Waals surface area contributed by atoms with E-state index in [1.54, 1.807) is 0 Å². The Labute approximate surface area is 161 Å². The first-order valence-electron chi connectivity index (χ1n) is 9.01. The quantitative estimate of drug-likeness (QED) is 0.764. The highest BCUT2D eigenvalue weighted by atomic mass is 32.2. The molecule has 1 saturated heterocycles. The van der Waals surface area contributed by atoms with E-state index in [4.69, 9.17) is 0 Å². The summed E-state index contributed by atoms with van der Waals surface area (Å²) in [7, 11) is -2.36. The molecule has 2 rings (SSSR count). The van der Waals surface area contributed by atoms with Crippen LogP contribution in [0.3, 0.4) is 0 Å². The molecule has 0 saturated carbocycles. The van der Waals surface area contributed by atoms with Gasteiger partial charge in [-0.2, -0.15) is 4.31 Å². The molecular formula is C19H28N2O5S. The lowest BCUT2D eigenvalue weighted by Crippen LogP contribution is -2.44. The van der Waals surface area contributed by atoms with Gasteiger partial charge in [0.25, 0.3) is 0 Å². The lowest BCUT2D eigenvalue weighted by molar-refractivity contribution is -0.141. The number of sulfonamides is 1. The van der Waals surface area contributed by atoms with Crippen LogP contribution in [0.4, 0.5) is 0 Å². The summed E-state index contributed by atoms with van der Waals surface area (Å²) < 4.78 is 32.4. The van der Waals surface area contributed by atoms with E-state index in [2.05, 4.69) is 10.1 Å². The molecule has 1 aliphatic rings. The van der Waals surface area contributed by atoms with Crippen molar-refractivity contribution in [1.82, 2.24) is 9.62 Å². The van der Waals surface area contributed by atoms with E-state index in [0.717, 1.165) is 22.3 Å². The van der Waals surface area contributed by atoms with Crippen LogP contribution in [0.25, 0.3) is 0 Å². The van der Waals surface area contributed by atoms with Gasteiger partial charge < -0.3 is 10.1 Å². The molecule has 1 aromatic carbocycles. The van der Waals surface area contributed by atoms with Crippen molar-refractivity contribution in [1.29, 1.82) is 0 Å². The fourth-order valence-corrected chi connectivity index (χ4v) is 5.48. The van der Waals surface area contributed by atoms with Crippen LogP contribution in [0.2, 0.25) is 0 Å². The highest BCUT2D eigenvalue weighted by Crippen LogP contribution is 2.31. The summed E-state index contributed by atoms with van der Waals surface area (Å²) in [6.07, 6.45) is 0.851. The Hall–Kier alpha value is -1.93. The second-order valence-electron chi connectivity index (χ2n) is 7.06. The molecule has 1 N–H and O–H groups in total. The number of methoxy groups -OCH3 is 1. The number of nitrogens with one attached hydrogen (secondary N) is 1. The summed E-state index contributed by atoms with van der Waals surface area (Å²) in [5.74, 6) is -1.05. The summed E-state index contributed by atoms with van der Waals surface area (Å²) in [6, 6.07) is 2.00. The molecule has 150 valence electrons. The number of nitrogens with zero attached hydrogens (tertiary/aromatic N) is 1. The molecule has 0 spiro atoms. The van der Waals surface area contributed by atoms with Crippen molar-refractivity contribution >= 4 is 21.9 Å². The van der Waals surface area contributed by atoms with Gasteiger partial charge in [0.2, 0.25) is 15.9 Å². The number of amides is 1. The fraction of sp³-hybridized carbons (Fsp3) is 0.579. The molecule has 8 heteroatoms. The van der Waals surface area contributed by atoms with Crippen molar-refractivity contribution in [3.63, 3.8) is 0 Å². The summed E-state index contributed by atoms with van der Waals surface area (Å²) in [6.45, 7) is 7.89. The number of esters is 1. The monoisotopic (exact) mass is 396 g/mol. The number of carbonyl (C=O) groups is 2. The fourth-order valence-electron chi connectivity index (χ4n) is 3.43. The minimum atomic E-state index is -3.62. The Bertz CT molecular complexity index is 814. The van der Waals surface area contributed by atoms with Gasteiger partial charge in [-0.15, -0.1) is 0 Å². The third kappa shape index (κ3) is 4.50. The summed E-state index contributed by atoms with van der Waals surface area (Å²) in [5, 5.41) is 2.54. The van der Waals surface area contributed by atoms with E-state index in [1.807, 2.05) is 33.8 Å². The lowest BCUT2D eigenvalue weighted by Gasteiger charge is -2.31. The Morgan fingerprint density at radius 1 is 1.11 bits per heavy atom. The number of ether oxygens (including phenoxy) is 1. The van der Waals surface area contributed by atoms with Crippen molar-refractivity contribution in [3.05, 3.63) is 28.3 Å². The van der Waals surface area contributed by atoms with Crippen LogP contribution in [0.5, 0.6) is 0 Å². The van der Waals surface area contributed by atoms with Gasteiger partial charge in [-0.25, -0.2) is 8.42 Å². The predicted molar refractivity (Wildman–Crippen MR) is 102 cm³/mol. The maximum absolute atomic E-state index is 13.2. The second-order valence-corrected chi connectivity index (χ2v) is 8.94. The zero-order valence-corrected chi connectivity index (χ0v) is 17.4. The van der Waals surface area contributed by atoms with Crippen LogP contribution in [-0.2, 0) is 24.3 Å². The maximum Gasteiger partial charge on any atom is 0.325 e. The highest BCUT2D eigenvalue weighted by molar-refractivity contribution is 7.89. The first kappa shape index (κ1) is 21.4. The van der Waals surface area contributed by atoms with E-state index >= 15 is 0 Å². The Kier molecular flexibility index (Phi) is 6.64. The van der Waals surface area contributed by atoms with Crippen LogP contribution in [0.15, 0.2) is 11.0 Å². The highest BCUT2D eigenvalue weighted by Gasteiger charge is 2.34. The average molecular weight is 397 g/mol. The van der Waals surface area contributed by atoms with Gasteiger partial charge in [-0.05, 0) is 62.8 Å². The van der Waals surface area contributed by atoms with Crippen LogP contribution in [0.1, 0.15) is 35.1 Å². The van der Waals surface area contributed by atoms with Gasteiger partial charge in [0.05, 0.1) is 12.0 Å². The third-order valence-corrected chi connectivity index (χ3v) is 7.53. The van der Waals surface area contributed by atoms with Gasteiger partial charge in [0.15, 0.2) is 0 Å². The van der Waals surface area contributed by atoms with E-state index in [9.17, 15) is 18.0 Å². The molecule has 0 bridgehead atoms. The average Bonchev–Trinajstić information content (AvgIpc) is 2.64. The smallest absolute Gasteiger partial charge is 0.325 e. The molecule has 1 aliphatic heterocycles. The molecule has 0 radical (unpaired) electrons. The number of rotatable bonds is 5. The lowest BCUT2D eigenvalue weighted by atomic mass is 9.97. The standard InChI is InChI=1S/C19H28N2O5S/c1-12-10-13(2)15(4)18(14(12)3)27(24,25)21-8-6-16(7-9-21)19(23)20-11-17(22)26-5/h10,16H,6-9,11H2,1-5H3,(H,20,23). The van der Waals surface area contributed by atoms with Crippen LogP contribution in [-0.4, -0.2) is 51.3 Å². The van der Waals surface area contributed by atoms with E-state index < -0.39 is 16.0 Å². The zero-order valence-electron chi connectivity index (χ0n) is 16.6. The topological polar surface area (TPSA) is 92.8 Å². The molecule has 1 aromatic rings.